The second-order valence-electron chi connectivity index (χ2n) is 5.65. The van der Waals surface area contributed by atoms with E-state index in [-0.39, 0.29) is 0 Å². The van der Waals surface area contributed by atoms with Crippen LogP contribution in [0.25, 0.3) is 10.9 Å². The summed E-state index contributed by atoms with van der Waals surface area (Å²) in [5.41, 5.74) is 6.27. The molecule has 1 heterocycles. The van der Waals surface area contributed by atoms with Gasteiger partial charge < -0.3 is 9.98 Å². The second-order valence-corrected chi connectivity index (χ2v) is 5.65. The van der Waals surface area contributed by atoms with Gasteiger partial charge in [0.15, 0.2) is 0 Å². The van der Waals surface area contributed by atoms with Crippen LogP contribution in [0.3, 0.4) is 0 Å². The normalized spacial score (nSPS) is 14.6. The Morgan fingerprint density at radius 3 is 2.84 bits per heavy atom. The summed E-state index contributed by atoms with van der Waals surface area (Å²) < 4.78 is 2.36. The molecule has 3 rings (SSSR count). The molecule has 19 heavy (non-hydrogen) atoms. The van der Waals surface area contributed by atoms with Crippen molar-refractivity contribution >= 4 is 16.6 Å². The summed E-state index contributed by atoms with van der Waals surface area (Å²) in [4.78, 5) is 0. The topological polar surface area (TPSA) is 28.8 Å². The van der Waals surface area contributed by atoms with Crippen LogP contribution in [0.1, 0.15) is 49.4 Å². The third kappa shape index (κ3) is 1.99. The molecule has 0 unspecified atom stereocenters. The first kappa shape index (κ1) is 12.5. The van der Waals surface area contributed by atoms with E-state index in [0.29, 0.717) is 0 Å². The van der Waals surface area contributed by atoms with Crippen molar-refractivity contribution in [2.75, 3.05) is 0 Å². The highest BCUT2D eigenvalue weighted by atomic mass is 14.9. The Morgan fingerprint density at radius 2 is 2.05 bits per heavy atom. The van der Waals surface area contributed by atoms with Crippen molar-refractivity contribution in [2.24, 2.45) is 7.05 Å². The number of aryl methyl sites for hydroxylation is 2. The molecule has 0 saturated heterocycles. The van der Waals surface area contributed by atoms with Gasteiger partial charge in [-0.25, -0.2) is 0 Å². The van der Waals surface area contributed by atoms with E-state index in [1.807, 2.05) is 0 Å². The maximum absolute atomic E-state index is 8.15. The molecule has 0 fully saturated rings. The predicted octanol–water partition coefficient (Wildman–Crippen LogP) is 4.23. The second kappa shape index (κ2) is 4.84. The molecule has 0 radical (unpaired) electrons. The Bertz CT molecular complexity index is 634. The SMILES string of the molecule is CCCC(=N)c1ccc2c(c1)c1c(n2C)CCCC1. The van der Waals surface area contributed by atoms with Crippen LogP contribution in [0, 0.1) is 5.41 Å². The number of benzene rings is 1. The first-order valence-corrected chi connectivity index (χ1v) is 7.40. The van der Waals surface area contributed by atoms with Gasteiger partial charge >= 0.3 is 0 Å². The Hall–Kier alpha value is -1.57. The van der Waals surface area contributed by atoms with Gasteiger partial charge in [0.05, 0.1) is 0 Å². The summed E-state index contributed by atoms with van der Waals surface area (Å²) in [5.74, 6) is 0. The Labute approximate surface area is 114 Å². The van der Waals surface area contributed by atoms with Crippen LogP contribution in [-0.2, 0) is 19.9 Å². The molecule has 1 N–H and O–H groups in total. The van der Waals surface area contributed by atoms with E-state index >= 15 is 0 Å². The largest absolute Gasteiger partial charge is 0.347 e. The van der Waals surface area contributed by atoms with Gasteiger partial charge in [0.25, 0.3) is 0 Å². The molecular weight excluding hydrogens is 232 g/mol. The number of aromatic nitrogens is 1. The summed E-state index contributed by atoms with van der Waals surface area (Å²) in [6.07, 6.45) is 6.96. The van der Waals surface area contributed by atoms with Crippen molar-refractivity contribution in [3.8, 4) is 0 Å². The first-order valence-electron chi connectivity index (χ1n) is 7.40. The van der Waals surface area contributed by atoms with Crippen LogP contribution in [0.15, 0.2) is 18.2 Å². The minimum atomic E-state index is 0.776. The van der Waals surface area contributed by atoms with E-state index in [0.717, 1.165) is 24.1 Å². The lowest BCUT2D eigenvalue weighted by molar-refractivity contribution is 0.653. The zero-order valence-corrected chi connectivity index (χ0v) is 11.9. The first-order chi connectivity index (χ1) is 9.22. The molecule has 100 valence electrons. The summed E-state index contributed by atoms with van der Waals surface area (Å²) in [5, 5.41) is 9.53. The van der Waals surface area contributed by atoms with Crippen LogP contribution in [-0.4, -0.2) is 10.3 Å². The van der Waals surface area contributed by atoms with E-state index in [9.17, 15) is 0 Å². The highest BCUT2D eigenvalue weighted by molar-refractivity contribution is 6.02. The fourth-order valence-corrected chi connectivity index (χ4v) is 3.35. The zero-order chi connectivity index (χ0) is 13.4. The lowest BCUT2D eigenvalue weighted by Gasteiger charge is -2.13. The third-order valence-electron chi connectivity index (χ3n) is 4.38. The highest BCUT2D eigenvalue weighted by Gasteiger charge is 2.18. The fourth-order valence-electron chi connectivity index (χ4n) is 3.35. The van der Waals surface area contributed by atoms with Gasteiger partial charge in [-0.05, 0) is 55.4 Å². The van der Waals surface area contributed by atoms with Gasteiger partial charge in [0.2, 0.25) is 0 Å². The highest BCUT2D eigenvalue weighted by Crippen LogP contribution is 2.32. The molecule has 2 heteroatoms. The third-order valence-corrected chi connectivity index (χ3v) is 4.38. The molecule has 1 aliphatic carbocycles. The molecule has 0 amide bonds. The summed E-state index contributed by atoms with van der Waals surface area (Å²) in [6.45, 7) is 2.14. The number of hydrogen-bond donors (Lipinski definition) is 1. The summed E-state index contributed by atoms with van der Waals surface area (Å²) >= 11 is 0. The quantitative estimate of drug-likeness (QED) is 0.794. The smallest absolute Gasteiger partial charge is 0.0483 e. The van der Waals surface area contributed by atoms with Crippen molar-refractivity contribution < 1.29 is 0 Å². The predicted molar refractivity (Wildman–Crippen MR) is 81.3 cm³/mol. The number of nitrogens with one attached hydrogen (secondary N) is 1. The van der Waals surface area contributed by atoms with Crippen LogP contribution < -0.4 is 0 Å². The van der Waals surface area contributed by atoms with Gasteiger partial charge in [-0.2, -0.15) is 0 Å². The molecule has 0 saturated carbocycles. The number of rotatable bonds is 3. The summed E-state index contributed by atoms with van der Waals surface area (Å²) in [6, 6.07) is 6.57. The standard InChI is InChI=1S/C17H22N2/c1-3-6-15(18)12-9-10-17-14(11-12)13-7-4-5-8-16(13)19(17)2/h9-11,18H,3-8H2,1-2H3. The maximum atomic E-state index is 8.15. The van der Waals surface area contributed by atoms with E-state index in [2.05, 4.69) is 36.7 Å². The lowest BCUT2D eigenvalue weighted by atomic mass is 9.94. The average Bonchev–Trinajstić information content (AvgIpc) is 2.73. The molecule has 1 aliphatic rings. The van der Waals surface area contributed by atoms with Gasteiger partial charge in [0.1, 0.15) is 0 Å². The Balaban J connectivity index is 2.14. The van der Waals surface area contributed by atoms with E-state index < -0.39 is 0 Å². The van der Waals surface area contributed by atoms with Crippen LogP contribution >= 0.6 is 0 Å². The van der Waals surface area contributed by atoms with Gasteiger partial charge in [-0.1, -0.05) is 19.4 Å². The minimum absolute atomic E-state index is 0.776. The number of hydrogen-bond acceptors (Lipinski definition) is 1. The van der Waals surface area contributed by atoms with Gasteiger partial charge in [-0.15, -0.1) is 0 Å². The van der Waals surface area contributed by atoms with Gasteiger partial charge in [0, 0.05) is 29.4 Å². The van der Waals surface area contributed by atoms with Crippen LogP contribution in [0.2, 0.25) is 0 Å². The molecule has 2 aromatic rings. The number of fused-ring (bicyclic) bond motifs is 3. The molecule has 2 nitrogen and oxygen atoms in total. The molecule has 1 aromatic heterocycles. The monoisotopic (exact) mass is 254 g/mol. The maximum Gasteiger partial charge on any atom is 0.0483 e. The lowest BCUT2D eigenvalue weighted by Crippen LogP contribution is -2.04. The van der Waals surface area contributed by atoms with Crippen molar-refractivity contribution in [3.05, 3.63) is 35.0 Å². The van der Waals surface area contributed by atoms with E-state index in [1.165, 1.54) is 47.8 Å². The molecule has 1 aromatic carbocycles. The van der Waals surface area contributed by atoms with Crippen LogP contribution in [0.4, 0.5) is 0 Å². The van der Waals surface area contributed by atoms with Gasteiger partial charge in [-0.3, -0.25) is 0 Å². The molecule has 0 spiro atoms. The number of nitrogens with zero attached hydrogens (tertiary/aromatic N) is 1. The Morgan fingerprint density at radius 1 is 1.26 bits per heavy atom. The minimum Gasteiger partial charge on any atom is -0.347 e. The van der Waals surface area contributed by atoms with E-state index in [4.69, 9.17) is 5.41 Å². The molecule has 0 atom stereocenters. The summed E-state index contributed by atoms with van der Waals surface area (Å²) in [7, 11) is 2.18. The molecule has 0 bridgehead atoms. The van der Waals surface area contributed by atoms with Crippen molar-refractivity contribution in [2.45, 2.75) is 45.4 Å². The molecular formula is C17H22N2. The van der Waals surface area contributed by atoms with Crippen molar-refractivity contribution in [1.29, 1.82) is 5.41 Å². The van der Waals surface area contributed by atoms with E-state index in [1.54, 1.807) is 0 Å². The average molecular weight is 254 g/mol. The van der Waals surface area contributed by atoms with Crippen LogP contribution in [0.5, 0.6) is 0 Å². The zero-order valence-electron chi connectivity index (χ0n) is 11.9. The Kier molecular flexibility index (Phi) is 3.17. The van der Waals surface area contributed by atoms with Crippen molar-refractivity contribution in [1.82, 2.24) is 4.57 Å². The van der Waals surface area contributed by atoms with Crippen molar-refractivity contribution in [3.63, 3.8) is 0 Å². The molecule has 0 aliphatic heterocycles. The fraction of sp³-hybridized carbons (Fsp3) is 0.471.